The van der Waals surface area contributed by atoms with Crippen LogP contribution in [0.4, 0.5) is 0 Å². The molecule has 3 unspecified atom stereocenters. The summed E-state index contributed by atoms with van der Waals surface area (Å²) in [6.45, 7) is 21.0. The summed E-state index contributed by atoms with van der Waals surface area (Å²) in [5.74, 6) is -0.437. The van der Waals surface area contributed by atoms with Crippen molar-refractivity contribution in [2.75, 3.05) is 0 Å². The molecule has 0 radical (unpaired) electrons. The molecule has 1 saturated carbocycles. The number of cyclic esters (lactones) is 1. The van der Waals surface area contributed by atoms with Gasteiger partial charge in [0.2, 0.25) is 6.10 Å². The molecule has 10 heteroatoms. The highest BCUT2D eigenvalue weighted by atomic mass is 127. The van der Waals surface area contributed by atoms with E-state index in [0.717, 1.165) is 32.1 Å². The number of carbonyl (C=O) groups excluding carboxylic acids is 4. The molecule has 1 aromatic carbocycles. The third-order valence-corrected chi connectivity index (χ3v) is 11.0. The van der Waals surface area contributed by atoms with Crippen molar-refractivity contribution in [3.8, 4) is 11.5 Å². The molecule has 3 atom stereocenters. The minimum absolute atomic E-state index is 0.0197. The van der Waals surface area contributed by atoms with Crippen molar-refractivity contribution in [2.45, 2.75) is 149 Å². The quantitative estimate of drug-likeness (QED) is 0.0822. The molecule has 9 nitrogen and oxygen atoms in total. The minimum atomic E-state index is -0.756. The lowest BCUT2D eigenvalue weighted by atomic mass is 9.89. The van der Waals surface area contributed by atoms with Gasteiger partial charge in [-0.3, -0.25) is 14.4 Å². The van der Waals surface area contributed by atoms with Crippen molar-refractivity contribution >= 4 is 46.5 Å². The zero-order valence-corrected chi connectivity index (χ0v) is 31.9. The van der Waals surface area contributed by atoms with Gasteiger partial charge >= 0.3 is 23.9 Å². The number of aromatic hydroxyl groups is 1. The lowest BCUT2D eigenvalue weighted by molar-refractivity contribution is -0.170. The second-order valence-electron chi connectivity index (χ2n) is 14.1. The zero-order chi connectivity index (χ0) is 35.5. The first-order chi connectivity index (χ1) is 21.2. The number of ether oxygens (including phenoxy) is 4. The number of esters is 4. The van der Waals surface area contributed by atoms with Gasteiger partial charge in [0.25, 0.3) is 0 Å². The predicted molar refractivity (Wildman–Crippen MR) is 187 cm³/mol. The molecule has 1 heterocycles. The summed E-state index contributed by atoms with van der Waals surface area (Å²) in [6, 6.07) is 6.11. The number of phenols is 1. The lowest BCUT2D eigenvalue weighted by Gasteiger charge is -2.32. The molecule has 0 spiro atoms. The lowest BCUT2D eigenvalue weighted by Crippen LogP contribution is -2.37. The summed E-state index contributed by atoms with van der Waals surface area (Å²) in [4.78, 5) is 46.9. The Kier molecular flexibility index (Phi) is 16.0. The van der Waals surface area contributed by atoms with Crippen LogP contribution in [0, 0.1) is 16.2 Å². The topological polar surface area (TPSA) is 125 Å². The molecule has 2 fully saturated rings. The van der Waals surface area contributed by atoms with Crippen LogP contribution in [0.3, 0.4) is 0 Å². The Morgan fingerprint density at radius 3 is 1.72 bits per heavy atom. The average Bonchev–Trinajstić information content (AvgIpc) is 3.58. The average molecular weight is 761 g/mol. The van der Waals surface area contributed by atoms with E-state index in [1.807, 2.05) is 48.5 Å². The summed E-state index contributed by atoms with van der Waals surface area (Å²) in [6.07, 6.45) is 6.75. The number of hydrogen-bond donors (Lipinski definition) is 1. The number of rotatable bonds is 10. The number of carbonyl (C=O) groups is 4. The third kappa shape index (κ3) is 12.0. The largest absolute Gasteiger partial charge is 0.508 e. The van der Waals surface area contributed by atoms with Gasteiger partial charge in [0.1, 0.15) is 23.2 Å². The van der Waals surface area contributed by atoms with Crippen molar-refractivity contribution in [2.24, 2.45) is 16.2 Å². The fourth-order valence-electron chi connectivity index (χ4n) is 4.15. The van der Waals surface area contributed by atoms with Gasteiger partial charge in [0, 0.05) is 0 Å². The Bertz CT molecular complexity index is 1150. The van der Waals surface area contributed by atoms with Crippen molar-refractivity contribution in [3.05, 3.63) is 24.3 Å². The van der Waals surface area contributed by atoms with Crippen molar-refractivity contribution in [3.63, 3.8) is 0 Å². The number of phenolic OH excluding ortho intramolecular Hbond substituents is 1. The molecule has 1 aliphatic carbocycles. The zero-order valence-electron chi connectivity index (χ0n) is 29.8. The molecule has 0 aromatic heterocycles. The molecule has 1 aliphatic heterocycles. The van der Waals surface area contributed by atoms with Gasteiger partial charge in [-0.1, -0.05) is 50.3 Å². The van der Waals surface area contributed by atoms with Crippen LogP contribution in [-0.4, -0.2) is 50.7 Å². The van der Waals surface area contributed by atoms with Crippen molar-refractivity contribution in [1.29, 1.82) is 0 Å². The SMILES string of the molecule is CCC(C)(C)C(=O)OC1C(=O)OC(C)C1I.CCC(C)(C)C(=O)Oc1ccc(O)cc1.CCC1(OC(=O)C(C)(C)CC)CCCC1. The van der Waals surface area contributed by atoms with E-state index in [9.17, 15) is 19.2 Å². The molecular formula is C36H57IO9. The standard InChI is InChI=1S/C13H24O2.C12H16O3.C11H17IO4/c1-5-12(3,4)11(14)15-13(6-2)9-7-8-10-13;1-4-12(2,3)11(14)15-10-7-5-9(13)6-8-10;1-5-11(3,4)10(14)16-8-7(12)6(2)15-9(8)13/h5-10H2,1-4H3;5-8,13H,4H2,1-3H3;6-8H,5H2,1-4H3. The van der Waals surface area contributed by atoms with Crippen LogP contribution < -0.4 is 4.74 Å². The van der Waals surface area contributed by atoms with E-state index in [4.69, 9.17) is 24.1 Å². The van der Waals surface area contributed by atoms with Crippen LogP contribution in [0.15, 0.2) is 24.3 Å². The van der Waals surface area contributed by atoms with Gasteiger partial charge in [-0.25, -0.2) is 4.79 Å². The smallest absolute Gasteiger partial charge is 0.349 e. The highest BCUT2D eigenvalue weighted by molar-refractivity contribution is 14.1. The van der Waals surface area contributed by atoms with E-state index in [0.29, 0.717) is 12.2 Å². The van der Waals surface area contributed by atoms with Gasteiger partial charge in [0.05, 0.1) is 20.2 Å². The first-order valence-electron chi connectivity index (χ1n) is 16.5. The van der Waals surface area contributed by atoms with Gasteiger partial charge < -0.3 is 24.1 Å². The minimum Gasteiger partial charge on any atom is -0.508 e. The van der Waals surface area contributed by atoms with E-state index in [-0.39, 0.29) is 44.7 Å². The Morgan fingerprint density at radius 1 is 0.848 bits per heavy atom. The van der Waals surface area contributed by atoms with Crippen molar-refractivity contribution < 1.29 is 43.2 Å². The van der Waals surface area contributed by atoms with Gasteiger partial charge in [0.15, 0.2) is 0 Å². The highest BCUT2D eigenvalue weighted by Crippen LogP contribution is 2.38. The monoisotopic (exact) mass is 760 g/mol. The normalized spacial score (nSPS) is 20.7. The molecule has 262 valence electrons. The number of benzene rings is 1. The number of alkyl halides is 1. The second kappa shape index (κ2) is 17.7. The first kappa shape index (κ1) is 41.7. The van der Waals surface area contributed by atoms with Crippen LogP contribution >= 0.6 is 22.6 Å². The molecule has 46 heavy (non-hydrogen) atoms. The van der Waals surface area contributed by atoms with Crippen LogP contribution in [0.5, 0.6) is 11.5 Å². The number of hydrogen-bond acceptors (Lipinski definition) is 9. The molecule has 1 aromatic rings. The van der Waals surface area contributed by atoms with Gasteiger partial charge in [-0.2, -0.15) is 0 Å². The molecule has 0 amide bonds. The maximum absolute atomic E-state index is 12.0. The summed E-state index contributed by atoms with van der Waals surface area (Å²) in [5.41, 5.74) is -1.49. The molecular weight excluding hydrogens is 703 g/mol. The van der Waals surface area contributed by atoms with E-state index in [1.165, 1.54) is 25.0 Å². The fraction of sp³-hybridized carbons (Fsp3) is 0.722. The van der Waals surface area contributed by atoms with Gasteiger partial charge in [-0.05, 0) is 124 Å². The maximum Gasteiger partial charge on any atom is 0.349 e. The van der Waals surface area contributed by atoms with E-state index < -0.39 is 22.9 Å². The summed E-state index contributed by atoms with van der Waals surface area (Å²) >= 11 is 2.09. The first-order valence-corrected chi connectivity index (χ1v) is 17.8. The maximum atomic E-state index is 12.0. The van der Waals surface area contributed by atoms with E-state index >= 15 is 0 Å². The highest BCUT2D eigenvalue weighted by Gasteiger charge is 2.45. The van der Waals surface area contributed by atoms with Crippen LogP contribution in [0.2, 0.25) is 0 Å². The number of halogens is 1. The van der Waals surface area contributed by atoms with Crippen LogP contribution in [0.1, 0.15) is 128 Å². The Morgan fingerprint density at radius 2 is 1.30 bits per heavy atom. The van der Waals surface area contributed by atoms with E-state index in [2.05, 4.69) is 29.5 Å². The summed E-state index contributed by atoms with van der Waals surface area (Å²) in [5, 5.41) is 9.06. The fourth-order valence-corrected chi connectivity index (χ4v) is 4.74. The van der Waals surface area contributed by atoms with Crippen molar-refractivity contribution in [1.82, 2.24) is 0 Å². The summed E-state index contributed by atoms with van der Waals surface area (Å²) < 4.78 is 21.1. The molecule has 1 saturated heterocycles. The summed E-state index contributed by atoms with van der Waals surface area (Å²) in [7, 11) is 0. The Hall–Kier alpha value is -2.37. The van der Waals surface area contributed by atoms with E-state index in [1.54, 1.807) is 32.9 Å². The van der Waals surface area contributed by atoms with Gasteiger partial charge in [-0.15, -0.1) is 0 Å². The predicted octanol–water partition coefficient (Wildman–Crippen LogP) is 8.51. The Balaban J connectivity index is 0.000000345. The molecule has 3 rings (SSSR count). The Labute approximate surface area is 290 Å². The van der Waals surface area contributed by atoms with Crippen LogP contribution in [0.25, 0.3) is 0 Å². The third-order valence-electron chi connectivity index (χ3n) is 9.33. The van der Waals surface area contributed by atoms with Crippen LogP contribution in [-0.2, 0) is 33.4 Å². The molecule has 2 aliphatic rings. The second-order valence-corrected chi connectivity index (χ2v) is 15.6. The molecule has 0 bridgehead atoms. The molecule has 1 N–H and O–H groups in total.